The van der Waals surface area contributed by atoms with Crippen LogP contribution in [0.5, 0.6) is 0 Å². The molecule has 2 aromatic carbocycles. The first-order valence-corrected chi connectivity index (χ1v) is 14.0. The molecule has 0 spiro atoms. The zero-order valence-corrected chi connectivity index (χ0v) is 23.7. The molecule has 0 bridgehead atoms. The lowest BCUT2D eigenvalue weighted by Gasteiger charge is -2.32. The fourth-order valence-corrected chi connectivity index (χ4v) is 5.80. The first kappa shape index (κ1) is 27.1. The topological polar surface area (TPSA) is 115 Å². The second-order valence-corrected chi connectivity index (χ2v) is 12.1. The molecule has 0 saturated carbocycles. The summed E-state index contributed by atoms with van der Waals surface area (Å²) in [6.07, 6.45) is 3.08. The van der Waals surface area contributed by atoms with E-state index in [0.717, 1.165) is 54.6 Å². The van der Waals surface area contributed by atoms with Gasteiger partial charge >= 0.3 is 6.09 Å². The third-order valence-corrected chi connectivity index (χ3v) is 7.77. The standard InChI is InChI=1S/C28H31ClN6O3S/c1-28(2,3)38-27(37)32-20-9-11-34(12-10-20)15-17-7-8-21-22(13-17)35(16-31-21)26-33-23(24(39-26)25(30)36)18-5-4-6-19(29)14-18/h4-8,13-14,16,20H,9-12,15H2,1-3H3,(H2,30,36)(H,32,37). The monoisotopic (exact) mass is 566 g/mol. The Kier molecular flexibility index (Phi) is 7.61. The first-order valence-electron chi connectivity index (χ1n) is 12.8. The van der Waals surface area contributed by atoms with Gasteiger partial charge in [0.15, 0.2) is 5.13 Å². The zero-order chi connectivity index (χ0) is 27.7. The minimum atomic E-state index is -0.539. The molecule has 3 N–H and O–H groups in total. The number of piperidine rings is 1. The average Bonchev–Trinajstić information content (AvgIpc) is 3.48. The number of ether oxygens (including phenoxy) is 1. The molecule has 1 aliphatic heterocycles. The van der Waals surface area contributed by atoms with Gasteiger partial charge in [-0.2, -0.15) is 0 Å². The number of halogens is 1. The van der Waals surface area contributed by atoms with Crippen molar-refractivity contribution in [1.29, 1.82) is 0 Å². The Bertz CT molecular complexity index is 1520. The van der Waals surface area contributed by atoms with E-state index >= 15 is 0 Å². The van der Waals surface area contributed by atoms with Gasteiger partial charge in [0.1, 0.15) is 16.8 Å². The number of rotatable bonds is 6. The molecule has 1 fully saturated rings. The van der Waals surface area contributed by atoms with Gasteiger partial charge < -0.3 is 15.8 Å². The number of carbonyl (C=O) groups is 2. The number of imidazole rings is 1. The molecular weight excluding hydrogens is 536 g/mol. The van der Waals surface area contributed by atoms with Crippen molar-refractivity contribution < 1.29 is 14.3 Å². The van der Waals surface area contributed by atoms with Crippen molar-refractivity contribution in [3.05, 3.63) is 64.3 Å². The normalized spacial score (nSPS) is 15.0. The van der Waals surface area contributed by atoms with Gasteiger partial charge in [-0.05, 0) is 63.4 Å². The molecule has 1 aliphatic rings. The highest BCUT2D eigenvalue weighted by molar-refractivity contribution is 7.16. The smallest absolute Gasteiger partial charge is 0.407 e. The van der Waals surface area contributed by atoms with Gasteiger partial charge in [0, 0.05) is 36.3 Å². The van der Waals surface area contributed by atoms with Crippen LogP contribution in [0.4, 0.5) is 4.79 Å². The fraction of sp³-hybridized carbons (Fsp3) is 0.357. The van der Waals surface area contributed by atoms with Crippen LogP contribution in [0.25, 0.3) is 27.4 Å². The molecule has 0 radical (unpaired) electrons. The van der Waals surface area contributed by atoms with Gasteiger partial charge in [-0.1, -0.05) is 41.1 Å². The molecule has 2 aromatic heterocycles. The molecular formula is C28H31ClN6O3S. The van der Waals surface area contributed by atoms with Gasteiger partial charge in [0.25, 0.3) is 5.91 Å². The number of benzene rings is 2. The zero-order valence-electron chi connectivity index (χ0n) is 22.1. The van der Waals surface area contributed by atoms with Gasteiger partial charge in [-0.15, -0.1) is 0 Å². The summed E-state index contributed by atoms with van der Waals surface area (Å²) in [4.78, 5) is 36.4. The summed E-state index contributed by atoms with van der Waals surface area (Å²) in [6, 6.07) is 13.5. The van der Waals surface area contributed by atoms with E-state index in [1.165, 1.54) is 11.3 Å². The van der Waals surface area contributed by atoms with E-state index in [2.05, 4.69) is 27.3 Å². The van der Waals surface area contributed by atoms with Crippen molar-refractivity contribution >= 4 is 46.0 Å². The molecule has 4 aromatic rings. The van der Waals surface area contributed by atoms with Crippen molar-refractivity contribution in [2.75, 3.05) is 13.1 Å². The molecule has 9 nitrogen and oxygen atoms in total. The molecule has 3 heterocycles. The van der Waals surface area contributed by atoms with Gasteiger partial charge in [0.05, 0.1) is 16.7 Å². The maximum Gasteiger partial charge on any atom is 0.407 e. The predicted octanol–water partition coefficient (Wildman–Crippen LogP) is 5.39. The molecule has 2 amide bonds. The SMILES string of the molecule is CC(C)(C)OC(=O)NC1CCN(Cc2ccc3ncn(-c4nc(-c5cccc(Cl)c5)c(C(N)=O)s4)c3c2)CC1. The van der Waals surface area contributed by atoms with Crippen molar-refractivity contribution in [2.24, 2.45) is 5.73 Å². The molecule has 0 unspecified atom stereocenters. The number of hydrogen-bond donors (Lipinski definition) is 2. The molecule has 5 rings (SSSR count). The Morgan fingerprint density at radius 2 is 1.95 bits per heavy atom. The van der Waals surface area contributed by atoms with Crippen molar-refractivity contribution in [2.45, 2.75) is 51.8 Å². The molecule has 39 heavy (non-hydrogen) atoms. The lowest BCUT2D eigenvalue weighted by Crippen LogP contribution is -2.45. The number of nitrogens with two attached hydrogens (primary N) is 1. The second kappa shape index (κ2) is 11.0. The number of fused-ring (bicyclic) bond motifs is 1. The second-order valence-electron chi connectivity index (χ2n) is 10.7. The summed E-state index contributed by atoms with van der Waals surface area (Å²) >= 11 is 7.41. The minimum Gasteiger partial charge on any atom is -0.444 e. The number of likely N-dealkylation sites (tertiary alicyclic amines) is 1. The number of alkyl carbamates (subject to hydrolysis) is 1. The summed E-state index contributed by atoms with van der Waals surface area (Å²) in [5.41, 5.74) is 9.30. The van der Waals surface area contributed by atoms with E-state index in [4.69, 9.17) is 27.1 Å². The number of amides is 2. The van der Waals surface area contributed by atoms with Crippen LogP contribution in [0.2, 0.25) is 5.02 Å². The Morgan fingerprint density at radius 3 is 2.64 bits per heavy atom. The van der Waals surface area contributed by atoms with Crippen LogP contribution >= 0.6 is 22.9 Å². The van der Waals surface area contributed by atoms with Crippen LogP contribution < -0.4 is 11.1 Å². The Balaban J connectivity index is 1.32. The number of primary amides is 1. The molecule has 11 heteroatoms. The van der Waals surface area contributed by atoms with Gasteiger partial charge in [-0.3, -0.25) is 14.3 Å². The number of carbonyl (C=O) groups excluding carboxylic acids is 2. The largest absolute Gasteiger partial charge is 0.444 e. The van der Waals surface area contributed by atoms with Gasteiger partial charge in [-0.25, -0.2) is 14.8 Å². The van der Waals surface area contributed by atoms with Crippen molar-refractivity contribution in [1.82, 2.24) is 24.8 Å². The predicted molar refractivity (Wildman–Crippen MR) is 153 cm³/mol. The van der Waals surface area contributed by atoms with E-state index < -0.39 is 11.5 Å². The van der Waals surface area contributed by atoms with E-state index in [1.807, 2.05) is 43.5 Å². The Labute approximate surface area is 235 Å². The summed E-state index contributed by atoms with van der Waals surface area (Å²) in [6.45, 7) is 8.10. The Hall–Kier alpha value is -3.47. The average molecular weight is 567 g/mol. The highest BCUT2D eigenvalue weighted by Gasteiger charge is 2.24. The van der Waals surface area contributed by atoms with Crippen LogP contribution in [0.1, 0.15) is 48.8 Å². The number of nitrogens with zero attached hydrogens (tertiary/aromatic N) is 4. The fourth-order valence-electron chi connectivity index (χ4n) is 4.68. The number of aromatic nitrogens is 3. The molecule has 204 valence electrons. The number of hydrogen-bond acceptors (Lipinski definition) is 7. The summed E-state index contributed by atoms with van der Waals surface area (Å²) in [7, 11) is 0. The maximum absolute atomic E-state index is 12.2. The van der Waals surface area contributed by atoms with E-state index in [0.29, 0.717) is 20.7 Å². The third kappa shape index (κ3) is 6.41. The number of thiazole rings is 1. The van der Waals surface area contributed by atoms with E-state index in [-0.39, 0.29) is 12.1 Å². The van der Waals surface area contributed by atoms with Gasteiger partial charge in [0.2, 0.25) is 0 Å². The maximum atomic E-state index is 12.2. The highest BCUT2D eigenvalue weighted by Crippen LogP contribution is 2.33. The summed E-state index contributed by atoms with van der Waals surface area (Å²) in [5.74, 6) is -0.539. The lowest BCUT2D eigenvalue weighted by molar-refractivity contribution is 0.0477. The van der Waals surface area contributed by atoms with Crippen LogP contribution in [-0.4, -0.2) is 56.2 Å². The molecule has 1 saturated heterocycles. The summed E-state index contributed by atoms with van der Waals surface area (Å²) < 4.78 is 7.28. The van der Waals surface area contributed by atoms with Crippen LogP contribution in [-0.2, 0) is 11.3 Å². The quantitative estimate of drug-likeness (QED) is 0.323. The highest BCUT2D eigenvalue weighted by atomic mass is 35.5. The summed E-state index contributed by atoms with van der Waals surface area (Å²) in [5, 5.41) is 4.15. The molecule has 0 aliphatic carbocycles. The van der Waals surface area contributed by atoms with E-state index in [1.54, 1.807) is 18.5 Å². The van der Waals surface area contributed by atoms with Crippen LogP contribution in [0, 0.1) is 0 Å². The van der Waals surface area contributed by atoms with E-state index in [9.17, 15) is 9.59 Å². The van der Waals surface area contributed by atoms with Crippen molar-refractivity contribution in [3.63, 3.8) is 0 Å². The first-order chi connectivity index (χ1) is 18.6. The Morgan fingerprint density at radius 1 is 1.18 bits per heavy atom. The minimum absolute atomic E-state index is 0.109. The number of nitrogens with one attached hydrogen (secondary N) is 1. The van der Waals surface area contributed by atoms with Crippen LogP contribution in [0.3, 0.4) is 0 Å². The lowest BCUT2D eigenvalue weighted by atomic mass is 10.0. The van der Waals surface area contributed by atoms with Crippen molar-refractivity contribution in [3.8, 4) is 16.4 Å². The molecule has 0 atom stereocenters. The third-order valence-electron chi connectivity index (χ3n) is 6.47. The van der Waals surface area contributed by atoms with Crippen LogP contribution in [0.15, 0.2) is 48.8 Å².